The van der Waals surface area contributed by atoms with Gasteiger partial charge in [-0.25, -0.2) is 4.98 Å². The quantitative estimate of drug-likeness (QED) is 0.758. The topological polar surface area (TPSA) is 43.4 Å². The van der Waals surface area contributed by atoms with Crippen molar-refractivity contribution in [3.8, 4) is 11.5 Å². The van der Waals surface area contributed by atoms with Crippen LogP contribution >= 0.6 is 11.3 Å². The lowest BCUT2D eigenvalue weighted by Crippen LogP contribution is -2.15. The molecule has 0 amide bonds. The van der Waals surface area contributed by atoms with E-state index in [9.17, 15) is 0 Å². The van der Waals surface area contributed by atoms with Crippen molar-refractivity contribution in [2.75, 3.05) is 13.7 Å². The predicted octanol–water partition coefficient (Wildman–Crippen LogP) is 3.54. The van der Waals surface area contributed by atoms with E-state index in [1.807, 2.05) is 25.3 Å². The predicted molar refractivity (Wildman–Crippen MR) is 86.2 cm³/mol. The Morgan fingerprint density at radius 3 is 2.86 bits per heavy atom. The van der Waals surface area contributed by atoms with Crippen LogP contribution in [0.1, 0.15) is 28.8 Å². The molecule has 0 saturated carbocycles. The number of hydrogen-bond acceptors (Lipinski definition) is 5. The first-order chi connectivity index (χ1) is 10.2. The van der Waals surface area contributed by atoms with Crippen molar-refractivity contribution in [3.05, 3.63) is 39.8 Å². The van der Waals surface area contributed by atoms with Gasteiger partial charge in [-0.2, -0.15) is 0 Å². The Hall–Kier alpha value is -1.59. The molecule has 1 N–H and O–H groups in total. The lowest BCUT2D eigenvalue weighted by molar-refractivity contribution is 0.283. The van der Waals surface area contributed by atoms with E-state index in [-0.39, 0.29) is 0 Å². The molecule has 1 aromatic heterocycles. The molecule has 0 fully saturated rings. The molecule has 5 heteroatoms. The van der Waals surface area contributed by atoms with Gasteiger partial charge in [-0.3, -0.25) is 0 Å². The van der Waals surface area contributed by atoms with Crippen molar-refractivity contribution in [3.63, 3.8) is 0 Å². The van der Waals surface area contributed by atoms with Crippen LogP contribution in [-0.2, 0) is 13.2 Å². The third kappa shape index (κ3) is 4.44. The summed E-state index contributed by atoms with van der Waals surface area (Å²) in [5, 5.41) is 4.45. The largest absolute Gasteiger partial charge is 0.493 e. The van der Waals surface area contributed by atoms with Crippen LogP contribution in [0.25, 0.3) is 0 Å². The van der Waals surface area contributed by atoms with Crippen molar-refractivity contribution >= 4 is 11.3 Å². The van der Waals surface area contributed by atoms with Gasteiger partial charge in [-0.15, -0.1) is 11.3 Å². The van der Waals surface area contributed by atoms with Gasteiger partial charge in [0.2, 0.25) is 0 Å². The van der Waals surface area contributed by atoms with Gasteiger partial charge in [0, 0.05) is 18.3 Å². The van der Waals surface area contributed by atoms with E-state index in [1.54, 1.807) is 18.4 Å². The molecule has 2 aromatic rings. The second-order valence-electron chi connectivity index (χ2n) is 4.76. The average molecular weight is 306 g/mol. The number of para-hydroxylation sites is 1. The van der Waals surface area contributed by atoms with Gasteiger partial charge >= 0.3 is 0 Å². The zero-order valence-electron chi connectivity index (χ0n) is 12.8. The Kier molecular flexibility index (Phi) is 6.02. The minimum absolute atomic E-state index is 0.520. The molecule has 0 spiro atoms. The van der Waals surface area contributed by atoms with Crippen molar-refractivity contribution < 1.29 is 9.47 Å². The number of aryl methyl sites for hydroxylation is 1. The fourth-order valence-corrected chi connectivity index (χ4v) is 2.75. The summed E-state index contributed by atoms with van der Waals surface area (Å²) in [7, 11) is 1.67. The second-order valence-corrected chi connectivity index (χ2v) is 6.08. The lowest BCUT2D eigenvalue weighted by Gasteiger charge is -2.15. The van der Waals surface area contributed by atoms with Gasteiger partial charge in [0.05, 0.1) is 17.0 Å². The summed E-state index contributed by atoms with van der Waals surface area (Å²) >= 11 is 1.66. The number of hydrogen-bond donors (Lipinski definition) is 1. The number of thiazole rings is 1. The number of nitrogens with one attached hydrogen (secondary N) is 1. The maximum Gasteiger partial charge on any atom is 0.166 e. The molecule has 0 unspecified atom stereocenters. The third-order valence-corrected chi connectivity index (χ3v) is 3.94. The highest BCUT2D eigenvalue weighted by Gasteiger charge is 2.11. The lowest BCUT2D eigenvalue weighted by atomic mass is 10.2. The second kappa shape index (κ2) is 8.00. The summed E-state index contributed by atoms with van der Waals surface area (Å²) in [4.78, 5) is 5.37. The zero-order chi connectivity index (χ0) is 15.1. The van der Waals surface area contributed by atoms with E-state index in [2.05, 4.69) is 23.3 Å². The number of rotatable bonds is 8. The number of methoxy groups -OCH3 is 1. The van der Waals surface area contributed by atoms with Crippen LogP contribution in [-0.4, -0.2) is 18.6 Å². The van der Waals surface area contributed by atoms with Crippen molar-refractivity contribution in [1.82, 2.24) is 10.3 Å². The van der Waals surface area contributed by atoms with Gasteiger partial charge < -0.3 is 14.8 Å². The van der Waals surface area contributed by atoms with E-state index < -0.39 is 0 Å². The average Bonchev–Trinajstić information content (AvgIpc) is 2.91. The number of aromatic nitrogens is 1. The summed E-state index contributed by atoms with van der Waals surface area (Å²) in [5.74, 6) is 1.58. The molecular formula is C16H22N2O2S. The van der Waals surface area contributed by atoms with E-state index in [4.69, 9.17) is 9.47 Å². The van der Waals surface area contributed by atoms with Crippen molar-refractivity contribution in [1.29, 1.82) is 0 Å². The molecule has 0 saturated heterocycles. The van der Waals surface area contributed by atoms with Crippen LogP contribution in [0.2, 0.25) is 0 Å². The van der Waals surface area contributed by atoms with Gasteiger partial charge in [-0.05, 0) is 26.0 Å². The molecule has 0 atom stereocenters. The Balaban J connectivity index is 2.10. The third-order valence-electron chi connectivity index (χ3n) is 3.05. The SMILES string of the molecule is CCCNCc1cccc(OC)c1OCc1cnc(C)s1. The van der Waals surface area contributed by atoms with Crippen LogP contribution in [0, 0.1) is 6.92 Å². The van der Waals surface area contributed by atoms with Crippen LogP contribution in [0.3, 0.4) is 0 Å². The van der Waals surface area contributed by atoms with Crippen LogP contribution in [0.5, 0.6) is 11.5 Å². The molecule has 1 aromatic carbocycles. The fourth-order valence-electron chi connectivity index (χ4n) is 2.04. The smallest absolute Gasteiger partial charge is 0.166 e. The normalized spacial score (nSPS) is 10.6. The molecule has 0 radical (unpaired) electrons. The first-order valence-corrected chi connectivity index (χ1v) is 7.97. The Bertz CT molecular complexity index is 569. The van der Waals surface area contributed by atoms with Gasteiger partial charge in [0.15, 0.2) is 11.5 Å². The molecule has 2 rings (SSSR count). The molecular weight excluding hydrogens is 284 g/mol. The van der Waals surface area contributed by atoms with Gasteiger partial charge in [0.1, 0.15) is 6.61 Å². The Morgan fingerprint density at radius 1 is 1.33 bits per heavy atom. The Morgan fingerprint density at radius 2 is 2.19 bits per heavy atom. The molecule has 0 aliphatic rings. The maximum absolute atomic E-state index is 5.99. The van der Waals surface area contributed by atoms with E-state index in [0.717, 1.165) is 46.5 Å². The summed E-state index contributed by atoms with van der Waals surface area (Å²) in [6.07, 6.45) is 2.98. The molecule has 0 aliphatic heterocycles. The molecule has 4 nitrogen and oxygen atoms in total. The summed E-state index contributed by atoms with van der Waals surface area (Å²) in [5.41, 5.74) is 1.11. The summed E-state index contributed by atoms with van der Waals surface area (Å²) in [6, 6.07) is 5.99. The highest BCUT2D eigenvalue weighted by atomic mass is 32.1. The first kappa shape index (κ1) is 15.8. The number of nitrogens with zero attached hydrogens (tertiary/aromatic N) is 1. The van der Waals surface area contributed by atoms with E-state index in [0.29, 0.717) is 6.61 Å². The molecule has 21 heavy (non-hydrogen) atoms. The molecule has 114 valence electrons. The monoisotopic (exact) mass is 306 g/mol. The molecule has 1 heterocycles. The highest BCUT2D eigenvalue weighted by molar-refractivity contribution is 7.11. The van der Waals surface area contributed by atoms with E-state index in [1.165, 1.54) is 0 Å². The zero-order valence-corrected chi connectivity index (χ0v) is 13.6. The number of benzene rings is 1. The molecule has 0 aliphatic carbocycles. The van der Waals surface area contributed by atoms with Crippen LogP contribution < -0.4 is 14.8 Å². The Labute approximate surface area is 130 Å². The van der Waals surface area contributed by atoms with Crippen molar-refractivity contribution in [2.45, 2.75) is 33.4 Å². The standard InChI is InChI=1S/C16H22N2O2S/c1-4-8-17-9-13-6-5-7-15(19-3)16(13)20-11-14-10-18-12(2)21-14/h5-7,10,17H,4,8-9,11H2,1-3H3. The fraction of sp³-hybridized carbons (Fsp3) is 0.438. The van der Waals surface area contributed by atoms with E-state index >= 15 is 0 Å². The molecule has 0 bridgehead atoms. The van der Waals surface area contributed by atoms with Crippen molar-refractivity contribution in [2.24, 2.45) is 0 Å². The minimum atomic E-state index is 0.520. The maximum atomic E-state index is 5.99. The minimum Gasteiger partial charge on any atom is -0.493 e. The number of ether oxygens (including phenoxy) is 2. The summed E-state index contributed by atoms with van der Waals surface area (Å²) < 4.78 is 11.4. The highest BCUT2D eigenvalue weighted by Crippen LogP contribution is 2.32. The van der Waals surface area contributed by atoms with Crippen LogP contribution in [0.4, 0.5) is 0 Å². The van der Waals surface area contributed by atoms with Crippen LogP contribution in [0.15, 0.2) is 24.4 Å². The first-order valence-electron chi connectivity index (χ1n) is 7.15. The van der Waals surface area contributed by atoms with Gasteiger partial charge in [0.25, 0.3) is 0 Å². The van der Waals surface area contributed by atoms with Gasteiger partial charge in [-0.1, -0.05) is 19.1 Å². The summed E-state index contributed by atoms with van der Waals surface area (Å²) in [6.45, 7) is 6.44.